The Bertz CT molecular complexity index is 378. The minimum atomic E-state index is -0.129. The number of nitrogens with one attached hydrogen (secondary N) is 1. The van der Waals surface area contributed by atoms with Crippen molar-refractivity contribution in [2.75, 3.05) is 19.4 Å². The zero-order chi connectivity index (χ0) is 14.1. The second-order valence-corrected chi connectivity index (χ2v) is 5.54. The lowest BCUT2D eigenvalue weighted by molar-refractivity contribution is -0.140. The summed E-state index contributed by atoms with van der Waals surface area (Å²) < 4.78 is 4.61. The molecule has 0 amide bonds. The molecule has 0 radical (unpaired) electrons. The van der Waals surface area contributed by atoms with E-state index in [1.807, 2.05) is 0 Å². The van der Waals surface area contributed by atoms with Crippen LogP contribution in [-0.4, -0.2) is 25.4 Å². The molecule has 0 bridgehead atoms. The molecule has 0 saturated carbocycles. The highest BCUT2D eigenvalue weighted by Crippen LogP contribution is 2.22. The summed E-state index contributed by atoms with van der Waals surface area (Å²) in [4.78, 5) is 12.2. The van der Waals surface area contributed by atoms with Gasteiger partial charge in [-0.3, -0.25) is 4.79 Å². The number of hydrogen-bond donors (Lipinski definition) is 1. The van der Waals surface area contributed by atoms with Gasteiger partial charge in [0.1, 0.15) is 0 Å². The summed E-state index contributed by atoms with van der Waals surface area (Å²) >= 11 is 1.78. The number of esters is 1. The number of carbonyl (C=O) groups excluding carboxylic acids is 1. The Labute approximate surface area is 120 Å². The molecule has 1 unspecified atom stereocenters. The smallest absolute Gasteiger partial charge is 0.305 e. The SMILES string of the molecule is CCNC(C)c1ccc(SCCCC(=O)OC)cc1. The van der Waals surface area contributed by atoms with Crippen LogP contribution in [-0.2, 0) is 9.53 Å². The average Bonchev–Trinajstić information content (AvgIpc) is 2.44. The maximum absolute atomic E-state index is 11.0. The van der Waals surface area contributed by atoms with Crippen molar-refractivity contribution >= 4 is 17.7 Å². The molecule has 19 heavy (non-hydrogen) atoms. The lowest BCUT2D eigenvalue weighted by Crippen LogP contribution is -2.17. The zero-order valence-electron chi connectivity index (χ0n) is 11.9. The Balaban J connectivity index is 2.34. The predicted molar refractivity (Wildman–Crippen MR) is 80.5 cm³/mol. The number of ether oxygens (including phenoxy) is 1. The van der Waals surface area contributed by atoms with Crippen molar-refractivity contribution in [2.45, 2.75) is 37.6 Å². The van der Waals surface area contributed by atoms with Crippen LogP contribution in [0.3, 0.4) is 0 Å². The molecule has 1 rings (SSSR count). The van der Waals surface area contributed by atoms with E-state index in [2.05, 4.69) is 48.2 Å². The van der Waals surface area contributed by atoms with Crippen molar-refractivity contribution in [3.63, 3.8) is 0 Å². The van der Waals surface area contributed by atoms with Gasteiger partial charge in [-0.15, -0.1) is 11.8 Å². The highest BCUT2D eigenvalue weighted by atomic mass is 32.2. The number of hydrogen-bond acceptors (Lipinski definition) is 4. The van der Waals surface area contributed by atoms with E-state index in [0.717, 1.165) is 18.7 Å². The monoisotopic (exact) mass is 281 g/mol. The second kappa shape index (κ2) is 8.99. The molecule has 0 heterocycles. The fourth-order valence-electron chi connectivity index (χ4n) is 1.79. The molecule has 0 fully saturated rings. The van der Waals surface area contributed by atoms with E-state index in [4.69, 9.17) is 0 Å². The molecule has 0 aromatic heterocycles. The third-order valence-corrected chi connectivity index (χ3v) is 4.01. The van der Waals surface area contributed by atoms with Gasteiger partial charge in [-0.25, -0.2) is 0 Å². The molecule has 1 aromatic rings. The predicted octanol–water partition coefficient (Wildman–Crippen LogP) is 3.40. The average molecular weight is 281 g/mol. The minimum absolute atomic E-state index is 0.129. The Morgan fingerprint density at radius 2 is 2.05 bits per heavy atom. The fraction of sp³-hybridized carbons (Fsp3) is 0.533. The van der Waals surface area contributed by atoms with Crippen LogP contribution in [0.15, 0.2) is 29.2 Å². The first-order valence-electron chi connectivity index (χ1n) is 6.70. The Morgan fingerprint density at radius 1 is 1.37 bits per heavy atom. The van der Waals surface area contributed by atoms with Crippen LogP contribution in [0.5, 0.6) is 0 Å². The topological polar surface area (TPSA) is 38.3 Å². The lowest BCUT2D eigenvalue weighted by atomic mass is 10.1. The van der Waals surface area contributed by atoms with E-state index in [1.165, 1.54) is 17.6 Å². The molecule has 0 aliphatic carbocycles. The molecule has 4 heteroatoms. The van der Waals surface area contributed by atoms with Gasteiger partial charge < -0.3 is 10.1 Å². The third-order valence-electron chi connectivity index (χ3n) is 2.91. The van der Waals surface area contributed by atoms with Gasteiger partial charge in [0, 0.05) is 17.4 Å². The number of rotatable bonds is 8. The highest BCUT2D eigenvalue weighted by molar-refractivity contribution is 7.99. The molecular weight excluding hydrogens is 258 g/mol. The first-order chi connectivity index (χ1) is 9.17. The van der Waals surface area contributed by atoms with E-state index in [9.17, 15) is 4.79 Å². The highest BCUT2D eigenvalue weighted by Gasteiger charge is 2.04. The van der Waals surface area contributed by atoms with Crippen molar-refractivity contribution in [3.8, 4) is 0 Å². The van der Waals surface area contributed by atoms with Gasteiger partial charge in [-0.2, -0.15) is 0 Å². The number of thioether (sulfide) groups is 1. The minimum Gasteiger partial charge on any atom is -0.469 e. The second-order valence-electron chi connectivity index (χ2n) is 4.38. The van der Waals surface area contributed by atoms with Crippen molar-refractivity contribution < 1.29 is 9.53 Å². The summed E-state index contributed by atoms with van der Waals surface area (Å²) in [7, 11) is 1.43. The van der Waals surface area contributed by atoms with Crippen LogP contribution in [0.2, 0.25) is 0 Å². The van der Waals surface area contributed by atoms with Crippen LogP contribution >= 0.6 is 11.8 Å². The van der Waals surface area contributed by atoms with Crippen molar-refractivity contribution in [2.24, 2.45) is 0 Å². The van der Waals surface area contributed by atoms with Gasteiger partial charge >= 0.3 is 5.97 Å². The maximum Gasteiger partial charge on any atom is 0.305 e. The molecule has 1 N–H and O–H groups in total. The summed E-state index contributed by atoms with van der Waals surface area (Å²) in [6.45, 7) is 5.26. The standard InChI is InChI=1S/C15H23NO2S/c1-4-16-12(2)13-7-9-14(10-8-13)19-11-5-6-15(17)18-3/h7-10,12,16H,4-6,11H2,1-3H3. The van der Waals surface area contributed by atoms with Crippen molar-refractivity contribution in [3.05, 3.63) is 29.8 Å². The van der Waals surface area contributed by atoms with Crippen LogP contribution in [0, 0.1) is 0 Å². The van der Waals surface area contributed by atoms with Gasteiger partial charge in [0.2, 0.25) is 0 Å². The molecule has 0 saturated heterocycles. The van der Waals surface area contributed by atoms with Crippen LogP contribution in [0.1, 0.15) is 38.3 Å². The van der Waals surface area contributed by atoms with E-state index in [0.29, 0.717) is 12.5 Å². The number of benzene rings is 1. The zero-order valence-corrected chi connectivity index (χ0v) is 12.8. The first kappa shape index (κ1) is 16.1. The number of carbonyl (C=O) groups is 1. The lowest BCUT2D eigenvalue weighted by Gasteiger charge is -2.13. The molecular formula is C15H23NO2S. The van der Waals surface area contributed by atoms with Gasteiger partial charge in [-0.05, 0) is 43.3 Å². The largest absolute Gasteiger partial charge is 0.469 e. The van der Waals surface area contributed by atoms with E-state index >= 15 is 0 Å². The Morgan fingerprint density at radius 3 is 2.63 bits per heavy atom. The summed E-state index contributed by atoms with van der Waals surface area (Å²) in [5.74, 6) is 0.812. The van der Waals surface area contributed by atoms with Crippen LogP contribution in [0.4, 0.5) is 0 Å². The molecule has 1 atom stereocenters. The molecule has 3 nitrogen and oxygen atoms in total. The summed E-state index contributed by atoms with van der Waals surface area (Å²) in [6, 6.07) is 9.01. The maximum atomic E-state index is 11.0. The van der Waals surface area contributed by atoms with E-state index in [-0.39, 0.29) is 5.97 Å². The molecule has 0 aliphatic rings. The summed E-state index contributed by atoms with van der Waals surface area (Å²) in [6.07, 6.45) is 1.35. The van der Waals surface area contributed by atoms with E-state index < -0.39 is 0 Å². The molecule has 0 aliphatic heterocycles. The third kappa shape index (κ3) is 6.12. The van der Waals surface area contributed by atoms with Crippen LogP contribution in [0.25, 0.3) is 0 Å². The van der Waals surface area contributed by atoms with Gasteiger partial charge in [-0.1, -0.05) is 19.1 Å². The van der Waals surface area contributed by atoms with Crippen molar-refractivity contribution in [1.29, 1.82) is 0 Å². The Kier molecular flexibility index (Phi) is 7.60. The molecule has 0 spiro atoms. The van der Waals surface area contributed by atoms with E-state index in [1.54, 1.807) is 11.8 Å². The van der Waals surface area contributed by atoms with Gasteiger partial charge in [0.25, 0.3) is 0 Å². The van der Waals surface area contributed by atoms with Crippen molar-refractivity contribution in [1.82, 2.24) is 5.32 Å². The summed E-state index contributed by atoms with van der Waals surface area (Å²) in [5, 5.41) is 3.39. The Hall–Kier alpha value is -1.00. The molecule has 1 aromatic carbocycles. The number of methoxy groups -OCH3 is 1. The van der Waals surface area contributed by atoms with Gasteiger partial charge in [0.05, 0.1) is 7.11 Å². The van der Waals surface area contributed by atoms with Gasteiger partial charge in [0.15, 0.2) is 0 Å². The summed E-state index contributed by atoms with van der Waals surface area (Å²) in [5.41, 5.74) is 1.31. The normalized spacial score (nSPS) is 12.2. The van der Waals surface area contributed by atoms with Crippen LogP contribution < -0.4 is 5.32 Å². The first-order valence-corrected chi connectivity index (χ1v) is 7.69. The fourth-order valence-corrected chi connectivity index (χ4v) is 2.64. The quantitative estimate of drug-likeness (QED) is 0.450. The molecule has 106 valence electrons.